The van der Waals surface area contributed by atoms with Gasteiger partial charge in [-0.2, -0.15) is 0 Å². The Morgan fingerprint density at radius 1 is 1.08 bits per heavy atom. The number of amides is 3. The third kappa shape index (κ3) is 5.37. The Balaban J connectivity index is 1.33. The topological polar surface area (TPSA) is 52.7 Å². The van der Waals surface area contributed by atoms with Crippen molar-refractivity contribution in [3.05, 3.63) is 34.9 Å². The number of rotatable bonds is 5. The molecule has 2 fully saturated rings. The van der Waals surface area contributed by atoms with E-state index in [1.165, 1.54) is 0 Å². The molecule has 5 nitrogen and oxygen atoms in total. The lowest BCUT2D eigenvalue weighted by Gasteiger charge is -2.34. The Hall–Kier alpha value is -1.75. The first-order chi connectivity index (χ1) is 12.6. The van der Waals surface area contributed by atoms with Gasteiger partial charge in [-0.15, -0.1) is 0 Å². The van der Waals surface area contributed by atoms with Crippen molar-refractivity contribution in [2.45, 2.75) is 45.1 Å². The van der Waals surface area contributed by atoms with Crippen LogP contribution in [0.3, 0.4) is 0 Å². The molecule has 2 heterocycles. The average molecular weight is 378 g/mol. The van der Waals surface area contributed by atoms with Crippen molar-refractivity contribution in [2.24, 2.45) is 5.92 Å². The Kier molecular flexibility index (Phi) is 6.78. The van der Waals surface area contributed by atoms with Gasteiger partial charge in [-0.05, 0) is 55.7 Å². The third-order valence-corrected chi connectivity index (χ3v) is 5.66. The van der Waals surface area contributed by atoms with Crippen molar-refractivity contribution in [3.8, 4) is 0 Å². The van der Waals surface area contributed by atoms with Gasteiger partial charge >= 0.3 is 6.03 Å². The molecule has 0 spiro atoms. The van der Waals surface area contributed by atoms with E-state index >= 15 is 0 Å². The SMILES string of the molecule is O=C(CCC1CCN(C(=O)N2CCCC2)CC1)NCc1cccc(Cl)c1. The molecule has 0 unspecified atom stereocenters. The van der Waals surface area contributed by atoms with Crippen LogP contribution in [0.2, 0.25) is 5.02 Å². The van der Waals surface area contributed by atoms with Crippen LogP contribution in [0.5, 0.6) is 0 Å². The molecule has 1 N–H and O–H groups in total. The zero-order valence-corrected chi connectivity index (χ0v) is 16.0. The van der Waals surface area contributed by atoms with E-state index in [9.17, 15) is 9.59 Å². The normalized spacial score (nSPS) is 18.2. The second kappa shape index (κ2) is 9.26. The zero-order valence-electron chi connectivity index (χ0n) is 15.3. The van der Waals surface area contributed by atoms with Crippen molar-refractivity contribution >= 4 is 23.5 Å². The Bertz CT molecular complexity index is 623. The maximum absolute atomic E-state index is 12.4. The van der Waals surface area contributed by atoms with Crippen molar-refractivity contribution < 1.29 is 9.59 Å². The molecule has 0 aromatic heterocycles. The monoisotopic (exact) mass is 377 g/mol. The lowest BCUT2D eigenvalue weighted by Crippen LogP contribution is -2.45. The minimum Gasteiger partial charge on any atom is -0.352 e. The van der Waals surface area contributed by atoms with Crippen LogP contribution in [-0.4, -0.2) is 47.9 Å². The highest BCUT2D eigenvalue weighted by Crippen LogP contribution is 2.23. The molecule has 0 aliphatic carbocycles. The van der Waals surface area contributed by atoms with E-state index in [0.717, 1.165) is 63.8 Å². The van der Waals surface area contributed by atoms with Crippen LogP contribution >= 0.6 is 11.6 Å². The number of benzene rings is 1. The fourth-order valence-electron chi connectivity index (χ4n) is 3.79. The lowest BCUT2D eigenvalue weighted by molar-refractivity contribution is -0.121. The minimum absolute atomic E-state index is 0.0838. The van der Waals surface area contributed by atoms with Crippen molar-refractivity contribution in [1.29, 1.82) is 0 Å². The van der Waals surface area contributed by atoms with Crippen LogP contribution in [0, 0.1) is 5.92 Å². The third-order valence-electron chi connectivity index (χ3n) is 5.42. The second-order valence-electron chi connectivity index (χ2n) is 7.35. The summed E-state index contributed by atoms with van der Waals surface area (Å²) < 4.78 is 0. The summed E-state index contributed by atoms with van der Waals surface area (Å²) in [6.07, 6.45) is 5.71. The molecular formula is C20H28ClN3O2. The molecule has 142 valence electrons. The quantitative estimate of drug-likeness (QED) is 0.851. The minimum atomic E-state index is 0.0838. The summed E-state index contributed by atoms with van der Waals surface area (Å²) in [5.74, 6) is 0.620. The van der Waals surface area contributed by atoms with Gasteiger partial charge in [0.15, 0.2) is 0 Å². The number of nitrogens with one attached hydrogen (secondary N) is 1. The summed E-state index contributed by atoms with van der Waals surface area (Å²) in [4.78, 5) is 28.4. The fraction of sp³-hybridized carbons (Fsp3) is 0.600. The van der Waals surface area contributed by atoms with E-state index < -0.39 is 0 Å². The van der Waals surface area contributed by atoms with Gasteiger partial charge < -0.3 is 15.1 Å². The van der Waals surface area contributed by atoms with Crippen LogP contribution in [-0.2, 0) is 11.3 Å². The fourth-order valence-corrected chi connectivity index (χ4v) is 4.01. The molecule has 0 saturated carbocycles. The summed E-state index contributed by atoms with van der Waals surface area (Å²) >= 11 is 5.95. The van der Waals surface area contributed by atoms with Gasteiger partial charge in [0, 0.05) is 44.2 Å². The number of halogens is 1. The maximum Gasteiger partial charge on any atom is 0.319 e. The van der Waals surface area contributed by atoms with Gasteiger partial charge in [0.05, 0.1) is 0 Å². The first kappa shape index (κ1) is 19.0. The predicted octanol–water partition coefficient (Wildman–Crippen LogP) is 3.66. The van der Waals surface area contributed by atoms with E-state index in [4.69, 9.17) is 11.6 Å². The van der Waals surface area contributed by atoms with Gasteiger partial charge in [-0.1, -0.05) is 23.7 Å². The molecule has 0 radical (unpaired) electrons. The van der Waals surface area contributed by atoms with E-state index in [1.807, 2.05) is 34.1 Å². The summed E-state index contributed by atoms with van der Waals surface area (Å²) in [7, 11) is 0. The molecule has 1 aromatic carbocycles. The molecule has 6 heteroatoms. The van der Waals surface area contributed by atoms with Crippen molar-refractivity contribution in [3.63, 3.8) is 0 Å². The van der Waals surface area contributed by atoms with Crippen LogP contribution in [0.1, 0.15) is 44.1 Å². The molecule has 3 amide bonds. The Morgan fingerprint density at radius 2 is 1.77 bits per heavy atom. The maximum atomic E-state index is 12.4. The molecule has 2 aliphatic heterocycles. The average Bonchev–Trinajstić information content (AvgIpc) is 3.19. The predicted molar refractivity (Wildman–Crippen MR) is 103 cm³/mol. The largest absolute Gasteiger partial charge is 0.352 e. The molecule has 2 saturated heterocycles. The van der Waals surface area contributed by atoms with Crippen LogP contribution in [0.4, 0.5) is 4.79 Å². The number of hydrogen-bond donors (Lipinski definition) is 1. The molecule has 3 rings (SSSR count). The zero-order chi connectivity index (χ0) is 18.4. The van der Waals surface area contributed by atoms with Gasteiger partial charge in [0.1, 0.15) is 0 Å². The first-order valence-electron chi connectivity index (χ1n) is 9.67. The number of carbonyl (C=O) groups is 2. The molecule has 0 bridgehead atoms. The molecule has 2 aliphatic rings. The number of carbonyl (C=O) groups excluding carboxylic acids is 2. The van der Waals surface area contributed by atoms with E-state index in [2.05, 4.69) is 5.32 Å². The number of hydrogen-bond acceptors (Lipinski definition) is 2. The van der Waals surface area contributed by atoms with E-state index in [0.29, 0.717) is 23.9 Å². The van der Waals surface area contributed by atoms with Gasteiger partial charge in [-0.25, -0.2) is 4.79 Å². The highest BCUT2D eigenvalue weighted by Gasteiger charge is 2.27. The second-order valence-corrected chi connectivity index (χ2v) is 7.79. The first-order valence-corrected chi connectivity index (χ1v) is 10.0. The van der Waals surface area contributed by atoms with Crippen LogP contribution in [0.25, 0.3) is 0 Å². The smallest absolute Gasteiger partial charge is 0.319 e. The summed E-state index contributed by atoms with van der Waals surface area (Å²) in [5, 5.41) is 3.65. The standard InChI is InChI=1S/C20H28ClN3O2/c21-18-5-3-4-17(14-18)15-22-19(25)7-6-16-8-12-24(13-9-16)20(26)23-10-1-2-11-23/h3-5,14,16H,1-2,6-13,15H2,(H,22,25). The van der Waals surface area contributed by atoms with Crippen molar-refractivity contribution in [2.75, 3.05) is 26.2 Å². The number of nitrogens with zero attached hydrogens (tertiary/aromatic N) is 2. The Labute approximate surface area is 160 Å². The Morgan fingerprint density at radius 3 is 2.46 bits per heavy atom. The van der Waals surface area contributed by atoms with Crippen LogP contribution < -0.4 is 5.32 Å². The summed E-state index contributed by atoms with van der Waals surface area (Å²) in [5.41, 5.74) is 1.01. The number of likely N-dealkylation sites (tertiary alicyclic amines) is 2. The van der Waals surface area contributed by atoms with E-state index in [-0.39, 0.29) is 11.9 Å². The highest BCUT2D eigenvalue weighted by atomic mass is 35.5. The molecule has 26 heavy (non-hydrogen) atoms. The summed E-state index contributed by atoms with van der Waals surface area (Å²) in [6, 6.07) is 7.75. The molecule has 0 atom stereocenters. The number of urea groups is 1. The van der Waals surface area contributed by atoms with E-state index in [1.54, 1.807) is 0 Å². The highest BCUT2D eigenvalue weighted by molar-refractivity contribution is 6.30. The van der Waals surface area contributed by atoms with Crippen molar-refractivity contribution in [1.82, 2.24) is 15.1 Å². The molecule has 1 aromatic rings. The summed E-state index contributed by atoms with van der Waals surface area (Å²) in [6.45, 7) is 3.98. The van der Waals surface area contributed by atoms with Crippen LogP contribution in [0.15, 0.2) is 24.3 Å². The van der Waals surface area contributed by atoms with Gasteiger partial charge in [0.25, 0.3) is 0 Å². The number of piperidine rings is 1. The van der Waals surface area contributed by atoms with Gasteiger partial charge in [-0.3, -0.25) is 4.79 Å². The van der Waals surface area contributed by atoms with Gasteiger partial charge in [0.2, 0.25) is 5.91 Å². The molecular weight excluding hydrogens is 350 g/mol. The lowest BCUT2D eigenvalue weighted by atomic mass is 9.92.